The Morgan fingerprint density at radius 3 is 2.18 bits per heavy atom. The Kier molecular flexibility index (Phi) is 5.41. The average Bonchev–Trinajstić information content (AvgIpc) is 2.99. The van der Waals surface area contributed by atoms with Crippen LogP contribution in [0.2, 0.25) is 0 Å². The highest BCUT2D eigenvalue weighted by Crippen LogP contribution is 2.22. The van der Waals surface area contributed by atoms with Gasteiger partial charge in [-0.25, -0.2) is 0 Å². The van der Waals surface area contributed by atoms with E-state index in [1.807, 2.05) is 38.1 Å². The number of carbonyl (C=O) groups excluding carboxylic acids is 2. The monoisotopic (exact) mass is 303 g/mol. The number of hydrogen-bond donors (Lipinski definition) is 2. The lowest BCUT2D eigenvalue weighted by Gasteiger charge is -2.21. The number of benzene rings is 1. The molecular formula is C17H25N3O2. The minimum atomic E-state index is -0.518. The Bertz CT molecular complexity index is 519. The molecule has 0 spiro atoms. The van der Waals surface area contributed by atoms with Crippen LogP contribution in [0.25, 0.3) is 0 Å². The van der Waals surface area contributed by atoms with Crippen molar-refractivity contribution in [3.05, 3.63) is 24.3 Å². The lowest BCUT2D eigenvalue weighted by molar-refractivity contribution is -0.126. The van der Waals surface area contributed by atoms with E-state index in [0.29, 0.717) is 0 Å². The van der Waals surface area contributed by atoms with Crippen molar-refractivity contribution >= 4 is 23.2 Å². The SMILES string of the molecule is CC(=O)NC(C(=O)Nc1ccc(N2CCCC2)cc1)C(C)C. The highest BCUT2D eigenvalue weighted by Gasteiger charge is 2.23. The van der Waals surface area contributed by atoms with Crippen molar-refractivity contribution in [1.29, 1.82) is 0 Å². The number of carbonyl (C=O) groups is 2. The Balaban J connectivity index is 1.99. The summed E-state index contributed by atoms with van der Waals surface area (Å²) in [4.78, 5) is 25.9. The Hall–Kier alpha value is -2.04. The predicted octanol–water partition coefficient (Wildman–Crippen LogP) is 2.39. The third-order valence-electron chi connectivity index (χ3n) is 3.91. The molecule has 1 fully saturated rings. The number of amides is 2. The molecule has 1 aliphatic heterocycles. The van der Waals surface area contributed by atoms with Crippen LogP contribution >= 0.6 is 0 Å². The quantitative estimate of drug-likeness (QED) is 0.878. The molecule has 22 heavy (non-hydrogen) atoms. The maximum Gasteiger partial charge on any atom is 0.247 e. The van der Waals surface area contributed by atoms with E-state index in [1.54, 1.807) is 0 Å². The summed E-state index contributed by atoms with van der Waals surface area (Å²) < 4.78 is 0. The van der Waals surface area contributed by atoms with Crippen molar-refractivity contribution in [2.75, 3.05) is 23.3 Å². The number of hydrogen-bond acceptors (Lipinski definition) is 3. The fourth-order valence-corrected chi connectivity index (χ4v) is 2.70. The molecule has 2 rings (SSSR count). The van der Waals surface area contributed by atoms with Gasteiger partial charge < -0.3 is 15.5 Å². The zero-order chi connectivity index (χ0) is 16.1. The molecule has 2 amide bonds. The highest BCUT2D eigenvalue weighted by molar-refractivity contribution is 5.97. The fourth-order valence-electron chi connectivity index (χ4n) is 2.70. The predicted molar refractivity (Wildman–Crippen MR) is 89.0 cm³/mol. The molecule has 5 nitrogen and oxygen atoms in total. The third-order valence-corrected chi connectivity index (χ3v) is 3.91. The van der Waals surface area contributed by atoms with Gasteiger partial charge in [0.15, 0.2) is 0 Å². The van der Waals surface area contributed by atoms with E-state index in [9.17, 15) is 9.59 Å². The summed E-state index contributed by atoms with van der Waals surface area (Å²) in [6, 6.07) is 7.37. The van der Waals surface area contributed by atoms with Crippen molar-refractivity contribution in [2.45, 2.75) is 39.7 Å². The van der Waals surface area contributed by atoms with Crippen LogP contribution in [-0.2, 0) is 9.59 Å². The number of nitrogens with one attached hydrogen (secondary N) is 2. The molecule has 0 aliphatic carbocycles. The third kappa shape index (κ3) is 4.23. The molecule has 1 atom stereocenters. The minimum Gasteiger partial charge on any atom is -0.372 e. The maximum absolute atomic E-state index is 12.3. The van der Waals surface area contributed by atoms with Gasteiger partial charge in [0.1, 0.15) is 6.04 Å². The van der Waals surface area contributed by atoms with Gasteiger partial charge in [-0.1, -0.05) is 13.8 Å². The zero-order valence-electron chi connectivity index (χ0n) is 13.6. The highest BCUT2D eigenvalue weighted by atomic mass is 16.2. The number of rotatable bonds is 5. The van der Waals surface area contributed by atoms with Crippen LogP contribution in [0.4, 0.5) is 11.4 Å². The first-order chi connectivity index (χ1) is 10.5. The van der Waals surface area contributed by atoms with Crippen molar-refractivity contribution in [3.63, 3.8) is 0 Å². The van der Waals surface area contributed by atoms with E-state index in [-0.39, 0.29) is 17.7 Å². The molecule has 0 aromatic heterocycles. The van der Waals surface area contributed by atoms with E-state index in [4.69, 9.17) is 0 Å². The van der Waals surface area contributed by atoms with Gasteiger partial charge in [-0.15, -0.1) is 0 Å². The van der Waals surface area contributed by atoms with Gasteiger partial charge in [0, 0.05) is 31.4 Å². The molecule has 0 radical (unpaired) electrons. The zero-order valence-corrected chi connectivity index (χ0v) is 13.6. The molecular weight excluding hydrogens is 278 g/mol. The Morgan fingerprint density at radius 1 is 1.09 bits per heavy atom. The molecule has 1 heterocycles. The summed E-state index contributed by atoms with van der Waals surface area (Å²) in [5.41, 5.74) is 1.95. The van der Waals surface area contributed by atoms with E-state index in [0.717, 1.165) is 18.8 Å². The molecule has 1 aromatic carbocycles. The van der Waals surface area contributed by atoms with Crippen molar-refractivity contribution in [2.24, 2.45) is 5.92 Å². The summed E-state index contributed by atoms with van der Waals surface area (Å²) in [5.74, 6) is -0.342. The molecule has 1 aliphatic rings. The summed E-state index contributed by atoms with van der Waals surface area (Å²) in [7, 11) is 0. The summed E-state index contributed by atoms with van der Waals surface area (Å²) in [6.45, 7) is 7.45. The maximum atomic E-state index is 12.3. The fraction of sp³-hybridized carbons (Fsp3) is 0.529. The van der Waals surface area contributed by atoms with Gasteiger partial charge in [-0.3, -0.25) is 9.59 Å². The average molecular weight is 303 g/mol. The molecule has 1 unspecified atom stereocenters. The normalized spacial score (nSPS) is 15.7. The van der Waals surface area contributed by atoms with Crippen LogP contribution in [0.1, 0.15) is 33.6 Å². The summed E-state index contributed by atoms with van der Waals surface area (Å²) in [6.07, 6.45) is 2.48. The van der Waals surface area contributed by atoms with Crippen LogP contribution in [-0.4, -0.2) is 30.9 Å². The largest absolute Gasteiger partial charge is 0.372 e. The van der Waals surface area contributed by atoms with Crippen LogP contribution in [0.15, 0.2) is 24.3 Å². The van der Waals surface area contributed by atoms with Gasteiger partial charge >= 0.3 is 0 Å². The van der Waals surface area contributed by atoms with E-state index in [1.165, 1.54) is 25.5 Å². The second-order valence-corrected chi connectivity index (χ2v) is 6.15. The Labute approximate surface area is 132 Å². The lowest BCUT2D eigenvalue weighted by Crippen LogP contribution is -2.46. The number of anilines is 2. The van der Waals surface area contributed by atoms with E-state index in [2.05, 4.69) is 15.5 Å². The van der Waals surface area contributed by atoms with E-state index < -0.39 is 6.04 Å². The second-order valence-electron chi connectivity index (χ2n) is 6.15. The van der Waals surface area contributed by atoms with Crippen LogP contribution in [0.3, 0.4) is 0 Å². The Morgan fingerprint density at radius 2 is 1.68 bits per heavy atom. The minimum absolute atomic E-state index is 0.0350. The van der Waals surface area contributed by atoms with Crippen molar-refractivity contribution < 1.29 is 9.59 Å². The first-order valence-electron chi connectivity index (χ1n) is 7.90. The molecule has 0 bridgehead atoms. The van der Waals surface area contributed by atoms with Crippen molar-refractivity contribution in [3.8, 4) is 0 Å². The van der Waals surface area contributed by atoms with Crippen LogP contribution in [0, 0.1) is 5.92 Å². The first kappa shape index (κ1) is 16.3. The summed E-state index contributed by atoms with van der Waals surface area (Å²) >= 11 is 0. The smallest absolute Gasteiger partial charge is 0.247 e. The van der Waals surface area contributed by atoms with Gasteiger partial charge in [0.05, 0.1) is 0 Å². The molecule has 0 saturated carbocycles. The standard InChI is InChI=1S/C17H25N3O2/c1-12(2)16(18-13(3)21)17(22)19-14-6-8-15(9-7-14)20-10-4-5-11-20/h6-9,12,16H,4-5,10-11H2,1-3H3,(H,18,21)(H,19,22). The molecule has 1 saturated heterocycles. The summed E-state index contributed by atoms with van der Waals surface area (Å²) in [5, 5.41) is 5.57. The van der Waals surface area contributed by atoms with Gasteiger partial charge in [0.25, 0.3) is 0 Å². The topological polar surface area (TPSA) is 61.4 Å². The van der Waals surface area contributed by atoms with Crippen molar-refractivity contribution in [1.82, 2.24) is 5.32 Å². The lowest BCUT2D eigenvalue weighted by atomic mass is 10.0. The number of nitrogens with zero attached hydrogens (tertiary/aromatic N) is 1. The molecule has 1 aromatic rings. The van der Waals surface area contributed by atoms with Crippen LogP contribution in [0.5, 0.6) is 0 Å². The van der Waals surface area contributed by atoms with Gasteiger partial charge in [-0.05, 0) is 43.0 Å². The second kappa shape index (κ2) is 7.29. The van der Waals surface area contributed by atoms with Gasteiger partial charge in [-0.2, -0.15) is 0 Å². The molecule has 120 valence electrons. The van der Waals surface area contributed by atoms with E-state index >= 15 is 0 Å². The van der Waals surface area contributed by atoms with Crippen LogP contribution < -0.4 is 15.5 Å². The molecule has 2 N–H and O–H groups in total. The van der Waals surface area contributed by atoms with Gasteiger partial charge in [0.2, 0.25) is 11.8 Å². The first-order valence-corrected chi connectivity index (χ1v) is 7.90. The molecule has 5 heteroatoms.